The number of fused-ring (bicyclic) bond motifs is 1. The second kappa shape index (κ2) is 7.52. The maximum absolute atomic E-state index is 13.0. The first-order valence-electron chi connectivity index (χ1n) is 8.86. The Bertz CT molecular complexity index is 1060. The quantitative estimate of drug-likeness (QED) is 0.556. The highest BCUT2D eigenvalue weighted by atomic mass is 32.1. The number of hydrogen-bond acceptors (Lipinski definition) is 5. The number of carbonyl (C=O) groups excluding carboxylic acids is 1. The fraction of sp³-hybridized carbons (Fsp3) is 0.174. The Hall–Kier alpha value is -3.05. The molecule has 4 nitrogen and oxygen atoms in total. The molecule has 5 heteroatoms. The second-order valence-electron chi connectivity index (χ2n) is 6.47. The summed E-state index contributed by atoms with van der Waals surface area (Å²) in [5.41, 5.74) is 4.34. The normalized spacial score (nSPS) is 14.2. The first-order valence-corrected chi connectivity index (χ1v) is 9.74. The van der Waals surface area contributed by atoms with Crippen LogP contribution in [0.1, 0.15) is 21.5 Å². The van der Waals surface area contributed by atoms with Gasteiger partial charge < -0.3 is 14.2 Å². The van der Waals surface area contributed by atoms with Gasteiger partial charge in [-0.2, -0.15) is 0 Å². The standard InChI is InChI=1S/C23H20O4S/c1-25-19-7-6-14(22-5-4-8-28-22)9-16(19)11-17-10-15-12-20(26-2)21(27-3)13-18(15)23(17)24/h4-9,11-13H,10H2,1-3H3/b17-11+. The van der Waals surface area contributed by atoms with Crippen molar-refractivity contribution in [2.24, 2.45) is 0 Å². The molecular weight excluding hydrogens is 372 g/mol. The summed E-state index contributed by atoms with van der Waals surface area (Å²) in [7, 11) is 4.81. The van der Waals surface area contributed by atoms with E-state index in [-0.39, 0.29) is 5.78 Å². The van der Waals surface area contributed by atoms with Gasteiger partial charge in [-0.25, -0.2) is 0 Å². The number of rotatable bonds is 5. The van der Waals surface area contributed by atoms with Crippen LogP contribution in [-0.2, 0) is 6.42 Å². The molecule has 0 N–H and O–H groups in total. The highest BCUT2D eigenvalue weighted by molar-refractivity contribution is 7.13. The van der Waals surface area contributed by atoms with Crippen LogP contribution in [0.4, 0.5) is 0 Å². The van der Waals surface area contributed by atoms with Gasteiger partial charge in [0.1, 0.15) is 5.75 Å². The predicted octanol–water partition coefficient (Wildman–Crippen LogP) is 5.26. The fourth-order valence-electron chi connectivity index (χ4n) is 3.48. The molecule has 0 saturated heterocycles. The SMILES string of the molecule is COc1ccc(-c2cccs2)cc1/C=C1\Cc2cc(OC)c(OC)cc2C1=O. The molecule has 0 aliphatic heterocycles. The largest absolute Gasteiger partial charge is 0.496 e. The lowest BCUT2D eigenvalue weighted by Gasteiger charge is -2.08. The predicted molar refractivity (Wildman–Crippen MR) is 112 cm³/mol. The summed E-state index contributed by atoms with van der Waals surface area (Å²) >= 11 is 1.68. The summed E-state index contributed by atoms with van der Waals surface area (Å²) in [6, 6.07) is 13.8. The fourth-order valence-corrected chi connectivity index (χ4v) is 4.21. The van der Waals surface area contributed by atoms with Crippen LogP contribution >= 0.6 is 11.3 Å². The van der Waals surface area contributed by atoms with Crippen LogP contribution in [-0.4, -0.2) is 27.1 Å². The first-order chi connectivity index (χ1) is 13.6. The third kappa shape index (κ3) is 3.18. The van der Waals surface area contributed by atoms with E-state index in [4.69, 9.17) is 14.2 Å². The van der Waals surface area contributed by atoms with E-state index >= 15 is 0 Å². The molecule has 0 fully saturated rings. The molecule has 0 spiro atoms. The smallest absolute Gasteiger partial charge is 0.189 e. The zero-order valence-corrected chi connectivity index (χ0v) is 16.8. The van der Waals surface area contributed by atoms with Crippen molar-refractivity contribution in [3.05, 3.63) is 70.1 Å². The van der Waals surface area contributed by atoms with E-state index in [9.17, 15) is 4.79 Å². The number of methoxy groups -OCH3 is 3. The Morgan fingerprint density at radius 3 is 2.36 bits per heavy atom. The number of allylic oxidation sites excluding steroid dienone is 1. The van der Waals surface area contributed by atoms with E-state index in [1.807, 2.05) is 30.3 Å². The van der Waals surface area contributed by atoms with Crippen molar-refractivity contribution in [1.29, 1.82) is 0 Å². The summed E-state index contributed by atoms with van der Waals surface area (Å²) in [5, 5.41) is 2.05. The third-order valence-electron chi connectivity index (χ3n) is 4.89. The molecule has 0 atom stereocenters. The molecule has 1 heterocycles. The van der Waals surface area contributed by atoms with E-state index in [1.54, 1.807) is 38.7 Å². The molecule has 0 amide bonds. The highest BCUT2D eigenvalue weighted by Crippen LogP contribution is 2.38. The number of hydrogen-bond donors (Lipinski definition) is 0. The first kappa shape index (κ1) is 18.3. The molecule has 0 bridgehead atoms. The lowest BCUT2D eigenvalue weighted by atomic mass is 10.0. The molecular formula is C23H20O4S. The Labute approximate surface area is 168 Å². The topological polar surface area (TPSA) is 44.8 Å². The van der Waals surface area contributed by atoms with Crippen LogP contribution in [0.2, 0.25) is 0 Å². The molecule has 1 aromatic heterocycles. The zero-order valence-electron chi connectivity index (χ0n) is 15.9. The molecule has 4 rings (SSSR count). The van der Waals surface area contributed by atoms with Crippen LogP contribution in [0.25, 0.3) is 16.5 Å². The maximum atomic E-state index is 13.0. The molecule has 0 unspecified atom stereocenters. The minimum atomic E-state index is 0.0135. The summed E-state index contributed by atoms with van der Waals surface area (Å²) in [5.74, 6) is 1.95. The second-order valence-corrected chi connectivity index (χ2v) is 7.42. The molecule has 28 heavy (non-hydrogen) atoms. The van der Waals surface area contributed by atoms with Gasteiger partial charge in [-0.15, -0.1) is 11.3 Å². The van der Waals surface area contributed by atoms with Gasteiger partial charge in [0.2, 0.25) is 0 Å². The van der Waals surface area contributed by atoms with Crippen LogP contribution in [0.3, 0.4) is 0 Å². The molecule has 3 aromatic rings. The molecule has 1 aliphatic rings. The Kier molecular flexibility index (Phi) is 4.92. The molecule has 1 aliphatic carbocycles. The van der Waals surface area contributed by atoms with E-state index in [0.717, 1.165) is 28.0 Å². The molecule has 142 valence electrons. The van der Waals surface area contributed by atoms with Crippen molar-refractivity contribution < 1.29 is 19.0 Å². The summed E-state index contributed by atoms with van der Waals surface area (Å²) in [6.45, 7) is 0. The zero-order chi connectivity index (χ0) is 19.7. The van der Waals surface area contributed by atoms with Crippen molar-refractivity contribution in [3.8, 4) is 27.7 Å². The van der Waals surface area contributed by atoms with Crippen molar-refractivity contribution in [3.63, 3.8) is 0 Å². The van der Waals surface area contributed by atoms with E-state index in [0.29, 0.717) is 23.5 Å². The van der Waals surface area contributed by atoms with Gasteiger partial charge >= 0.3 is 0 Å². The van der Waals surface area contributed by atoms with Crippen LogP contribution in [0.15, 0.2) is 53.4 Å². The minimum Gasteiger partial charge on any atom is -0.496 e. The lowest BCUT2D eigenvalue weighted by Crippen LogP contribution is -1.98. The number of Topliss-reactive ketones (excluding diaryl/α,β-unsaturated/α-hetero) is 1. The van der Waals surface area contributed by atoms with Crippen molar-refractivity contribution in [1.82, 2.24) is 0 Å². The third-order valence-corrected chi connectivity index (χ3v) is 5.81. The van der Waals surface area contributed by atoms with Gasteiger partial charge in [-0.3, -0.25) is 4.79 Å². The number of benzene rings is 2. The number of thiophene rings is 1. The summed E-state index contributed by atoms with van der Waals surface area (Å²) in [4.78, 5) is 14.2. The van der Waals surface area contributed by atoms with E-state index in [1.165, 1.54) is 4.88 Å². The maximum Gasteiger partial charge on any atom is 0.189 e. The van der Waals surface area contributed by atoms with Gasteiger partial charge in [0.15, 0.2) is 17.3 Å². The van der Waals surface area contributed by atoms with Crippen molar-refractivity contribution >= 4 is 23.2 Å². The van der Waals surface area contributed by atoms with E-state index in [2.05, 4.69) is 17.5 Å². The van der Waals surface area contributed by atoms with Crippen LogP contribution < -0.4 is 14.2 Å². The average molecular weight is 392 g/mol. The number of carbonyl (C=O) groups is 1. The van der Waals surface area contributed by atoms with Gasteiger partial charge in [0, 0.05) is 28.0 Å². The van der Waals surface area contributed by atoms with Crippen molar-refractivity contribution in [2.75, 3.05) is 21.3 Å². The van der Waals surface area contributed by atoms with Gasteiger partial charge in [0.05, 0.1) is 21.3 Å². The average Bonchev–Trinajstić information content (AvgIpc) is 3.36. The minimum absolute atomic E-state index is 0.0135. The van der Waals surface area contributed by atoms with Gasteiger partial charge in [-0.05, 0) is 59.0 Å². The van der Waals surface area contributed by atoms with Gasteiger partial charge in [0.25, 0.3) is 0 Å². The Morgan fingerprint density at radius 1 is 0.929 bits per heavy atom. The lowest BCUT2D eigenvalue weighted by molar-refractivity contribution is 0.104. The summed E-state index contributed by atoms with van der Waals surface area (Å²) < 4.78 is 16.2. The number of ketones is 1. The molecule has 0 radical (unpaired) electrons. The van der Waals surface area contributed by atoms with Crippen molar-refractivity contribution in [2.45, 2.75) is 6.42 Å². The van der Waals surface area contributed by atoms with Gasteiger partial charge in [-0.1, -0.05) is 6.07 Å². The van der Waals surface area contributed by atoms with E-state index < -0.39 is 0 Å². The Balaban J connectivity index is 1.75. The Morgan fingerprint density at radius 2 is 1.68 bits per heavy atom. The summed E-state index contributed by atoms with van der Waals surface area (Å²) in [6.07, 6.45) is 2.48. The number of ether oxygens (including phenoxy) is 3. The molecule has 2 aromatic carbocycles. The monoisotopic (exact) mass is 392 g/mol. The van der Waals surface area contributed by atoms with Crippen LogP contribution in [0, 0.1) is 0 Å². The molecule has 0 saturated carbocycles. The van der Waals surface area contributed by atoms with Crippen LogP contribution in [0.5, 0.6) is 17.2 Å². The highest BCUT2D eigenvalue weighted by Gasteiger charge is 2.27.